The van der Waals surface area contributed by atoms with E-state index in [9.17, 15) is 14.3 Å². The van der Waals surface area contributed by atoms with E-state index in [-0.39, 0.29) is 12.6 Å². The van der Waals surface area contributed by atoms with Gasteiger partial charge in [-0.15, -0.1) is 0 Å². The molecule has 0 saturated heterocycles. The summed E-state index contributed by atoms with van der Waals surface area (Å²) in [5, 5.41) is 8.92. The van der Waals surface area contributed by atoms with E-state index in [0.717, 1.165) is 0 Å². The number of unbranched alkanes of at least 4 members (excludes halogenated alkanes) is 2. The minimum atomic E-state index is -3.26. The predicted molar refractivity (Wildman–Crippen MR) is 66.9 cm³/mol. The Labute approximate surface area is 101 Å². The molecular weight excluding hydrogens is 239 g/mol. The molecule has 1 rings (SSSR count). The molecule has 0 aliphatic carbocycles. The smallest absolute Gasteiger partial charge is 0.303 e. The van der Waals surface area contributed by atoms with Crippen molar-refractivity contribution in [1.29, 1.82) is 0 Å². The van der Waals surface area contributed by atoms with E-state index in [4.69, 9.17) is 5.11 Å². The topological polar surface area (TPSA) is 74.6 Å². The first-order valence-electron chi connectivity index (χ1n) is 5.61. The van der Waals surface area contributed by atoms with Gasteiger partial charge in [0, 0.05) is 17.9 Å². The lowest BCUT2D eigenvalue weighted by molar-refractivity contribution is -0.137. The Hall–Kier alpha value is -1.12. The van der Waals surface area contributed by atoms with Gasteiger partial charge in [-0.1, -0.05) is 24.6 Å². The molecule has 0 aromatic heterocycles. The summed E-state index contributed by atoms with van der Waals surface area (Å²) in [6.07, 6.45) is 2.15. The molecule has 0 heterocycles. The second kappa shape index (κ2) is 6.58. The maximum Gasteiger partial charge on any atom is 0.303 e. The zero-order valence-electron chi connectivity index (χ0n) is 9.58. The molecule has 4 nitrogen and oxygen atoms in total. The number of hydrogen-bond donors (Lipinski definition) is 2. The van der Waals surface area contributed by atoms with Gasteiger partial charge < -0.3 is 10.00 Å². The average Bonchev–Trinajstić information content (AvgIpc) is 2.29. The third-order valence-electron chi connectivity index (χ3n) is 2.51. The molecule has 2 N–H and O–H groups in total. The van der Waals surface area contributed by atoms with E-state index in [1.807, 2.05) is 0 Å². The molecule has 0 bridgehead atoms. The molecule has 1 unspecified atom stereocenters. The Kier molecular flexibility index (Phi) is 5.39. The van der Waals surface area contributed by atoms with Crippen LogP contribution in [0.15, 0.2) is 30.3 Å². The highest BCUT2D eigenvalue weighted by molar-refractivity contribution is 7.66. The lowest BCUT2D eigenvalue weighted by atomic mass is 10.2. The van der Waals surface area contributed by atoms with Crippen LogP contribution in [-0.2, 0) is 9.36 Å². The SMILES string of the molecule is O=C(O)CCCCCP(=O)(O)c1ccccc1. The zero-order valence-corrected chi connectivity index (χ0v) is 10.5. The van der Waals surface area contributed by atoms with Crippen molar-refractivity contribution in [2.24, 2.45) is 0 Å². The van der Waals surface area contributed by atoms with Crippen LogP contribution in [0.2, 0.25) is 0 Å². The molecule has 0 fully saturated rings. The number of carboxylic acid groups (broad SMARTS) is 1. The summed E-state index contributed by atoms with van der Waals surface area (Å²) >= 11 is 0. The summed E-state index contributed by atoms with van der Waals surface area (Å²) in [6, 6.07) is 8.58. The van der Waals surface area contributed by atoms with Crippen LogP contribution in [0.3, 0.4) is 0 Å². The van der Waals surface area contributed by atoms with Crippen molar-refractivity contribution >= 4 is 18.6 Å². The summed E-state index contributed by atoms with van der Waals surface area (Å²) in [5.41, 5.74) is 0. The Morgan fingerprint density at radius 3 is 2.35 bits per heavy atom. The van der Waals surface area contributed by atoms with Crippen LogP contribution in [0.5, 0.6) is 0 Å². The molecule has 1 atom stereocenters. The highest BCUT2D eigenvalue weighted by Crippen LogP contribution is 2.40. The summed E-state index contributed by atoms with van der Waals surface area (Å²) < 4.78 is 12.0. The van der Waals surface area contributed by atoms with E-state index in [1.54, 1.807) is 30.3 Å². The standard InChI is InChI=1S/C12H17O4P/c13-12(14)9-5-2-6-10-17(15,16)11-7-3-1-4-8-11/h1,3-4,7-8H,2,5-6,9-10H2,(H,13,14)(H,15,16). The zero-order chi connectivity index (χ0) is 12.7. The van der Waals surface area contributed by atoms with Crippen molar-refractivity contribution in [1.82, 2.24) is 0 Å². The molecule has 0 saturated carbocycles. The Morgan fingerprint density at radius 2 is 1.76 bits per heavy atom. The van der Waals surface area contributed by atoms with Crippen molar-refractivity contribution in [2.45, 2.75) is 25.7 Å². The van der Waals surface area contributed by atoms with Crippen LogP contribution >= 0.6 is 7.37 Å². The maximum atomic E-state index is 12.0. The monoisotopic (exact) mass is 256 g/mol. The van der Waals surface area contributed by atoms with Crippen LogP contribution in [0.4, 0.5) is 0 Å². The number of aliphatic carboxylic acids is 1. The Balaban J connectivity index is 2.36. The Morgan fingerprint density at radius 1 is 1.12 bits per heavy atom. The van der Waals surface area contributed by atoms with Crippen molar-refractivity contribution < 1.29 is 19.4 Å². The normalized spacial score (nSPS) is 14.2. The van der Waals surface area contributed by atoms with Crippen LogP contribution in [0.25, 0.3) is 0 Å². The molecule has 5 heteroatoms. The number of hydrogen-bond acceptors (Lipinski definition) is 2. The van der Waals surface area contributed by atoms with Gasteiger partial charge in [0.25, 0.3) is 0 Å². The van der Waals surface area contributed by atoms with E-state index in [2.05, 4.69) is 0 Å². The minimum Gasteiger partial charge on any atom is -0.481 e. The third kappa shape index (κ3) is 5.16. The summed E-state index contributed by atoms with van der Waals surface area (Å²) in [6.45, 7) is 0. The molecule has 1 aromatic rings. The van der Waals surface area contributed by atoms with Gasteiger partial charge in [0.05, 0.1) is 0 Å². The average molecular weight is 256 g/mol. The Bertz CT molecular complexity index is 402. The second-order valence-electron chi connectivity index (χ2n) is 3.97. The van der Waals surface area contributed by atoms with Crippen molar-refractivity contribution in [3.8, 4) is 0 Å². The van der Waals surface area contributed by atoms with E-state index in [1.165, 1.54) is 0 Å². The first-order chi connectivity index (χ1) is 8.02. The first kappa shape index (κ1) is 13.9. The molecular formula is C12H17O4P. The van der Waals surface area contributed by atoms with Gasteiger partial charge in [0.1, 0.15) is 0 Å². The first-order valence-corrected chi connectivity index (χ1v) is 7.46. The molecule has 1 aromatic carbocycles. The number of carboxylic acids is 1. The summed E-state index contributed by atoms with van der Waals surface area (Å²) in [4.78, 5) is 20.1. The van der Waals surface area contributed by atoms with Gasteiger partial charge in [-0.2, -0.15) is 0 Å². The number of benzene rings is 1. The molecule has 0 amide bonds. The van der Waals surface area contributed by atoms with Gasteiger partial charge in [0.2, 0.25) is 7.37 Å². The molecule has 0 aliphatic rings. The molecule has 0 aliphatic heterocycles. The van der Waals surface area contributed by atoms with E-state index < -0.39 is 13.3 Å². The van der Waals surface area contributed by atoms with E-state index >= 15 is 0 Å². The highest BCUT2D eigenvalue weighted by atomic mass is 31.2. The van der Waals surface area contributed by atoms with Crippen molar-refractivity contribution in [2.75, 3.05) is 6.16 Å². The van der Waals surface area contributed by atoms with Crippen molar-refractivity contribution in [3.05, 3.63) is 30.3 Å². The number of rotatable bonds is 7. The van der Waals surface area contributed by atoms with Gasteiger partial charge in [-0.25, -0.2) is 0 Å². The van der Waals surface area contributed by atoms with Gasteiger partial charge in [-0.3, -0.25) is 9.36 Å². The largest absolute Gasteiger partial charge is 0.481 e. The maximum absolute atomic E-state index is 12.0. The minimum absolute atomic E-state index is 0.126. The van der Waals surface area contributed by atoms with Gasteiger partial charge >= 0.3 is 5.97 Å². The summed E-state index contributed by atoms with van der Waals surface area (Å²) in [7, 11) is -3.26. The van der Waals surface area contributed by atoms with E-state index in [0.29, 0.717) is 24.6 Å². The van der Waals surface area contributed by atoms with Crippen LogP contribution in [0, 0.1) is 0 Å². The lowest BCUT2D eigenvalue weighted by Gasteiger charge is -2.11. The van der Waals surface area contributed by atoms with Crippen LogP contribution < -0.4 is 5.30 Å². The third-order valence-corrected chi connectivity index (χ3v) is 4.54. The van der Waals surface area contributed by atoms with Crippen LogP contribution in [0.1, 0.15) is 25.7 Å². The molecule has 17 heavy (non-hydrogen) atoms. The number of carbonyl (C=O) groups is 1. The molecule has 0 spiro atoms. The fourth-order valence-corrected chi connectivity index (χ4v) is 3.12. The lowest BCUT2D eigenvalue weighted by Crippen LogP contribution is -2.06. The van der Waals surface area contributed by atoms with Crippen molar-refractivity contribution in [3.63, 3.8) is 0 Å². The van der Waals surface area contributed by atoms with Gasteiger partial charge in [-0.05, 0) is 25.0 Å². The molecule has 94 valence electrons. The quantitative estimate of drug-likeness (QED) is 0.579. The van der Waals surface area contributed by atoms with Crippen LogP contribution in [-0.4, -0.2) is 22.1 Å². The second-order valence-corrected chi connectivity index (χ2v) is 6.33. The fraction of sp³-hybridized carbons (Fsp3) is 0.417. The predicted octanol–water partition coefficient (Wildman–Crippen LogP) is 2.23. The summed E-state index contributed by atoms with van der Waals surface area (Å²) in [5.74, 6) is -0.819. The fourth-order valence-electron chi connectivity index (χ4n) is 1.57. The highest BCUT2D eigenvalue weighted by Gasteiger charge is 2.19. The molecule has 0 radical (unpaired) electrons. The van der Waals surface area contributed by atoms with Gasteiger partial charge in [0.15, 0.2) is 0 Å².